The van der Waals surface area contributed by atoms with Crippen molar-refractivity contribution in [2.45, 2.75) is 43.8 Å². The van der Waals surface area contributed by atoms with Crippen molar-refractivity contribution in [1.82, 2.24) is 10.1 Å². The third-order valence-electron chi connectivity index (χ3n) is 2.78. The number of aromatic nitrogens is 2. The van der Waals surface area contributed by atoms with E-state index in [4.69, 9.17) is 10.3 Å². The van der Waals surface area contributed by atoms with Gasteiger partial charge in [-0.2, -0.15) is 4.98 Å². The summed E-state index contributed by atoms with van der Waals surface area (Å²) >= 11 is 1.63. The third-order valence-corrected chi connectivity index (χ3v) is 3.84. The number of nitrogen functional groups attached to an aromatic ring is 1. The molecule has 1 aromatic heterocycles. The fourth-order valence-electron chi connectivity index (χ4n) is 1.69. The molecule has 0 unspecified atom stereocenters. The van der Waals surface area contributed by atoms with Crippen molar-refractivity contribution < 1.29 is 4.52 Å². The fourth-order valence-corrected chi connectivity index (χ4v) is 2.59. The number of rotatable bonds is 6. The molecule has 0 aliphatic heterocycles. The molecule has 1 heterocycles. The normalized spacial score (nSPS) is 10.8. The SMILES string of the molecule is CCCCc1noc(CSc2cc(C)ccc2N)n1. The van der Waals surface area contributed by atoms with Crippen LogP contribution >= 0.6 is 11.8 Å². The Bertz CT molecular complexity index is 539. The van der Waals surface area contributed by atoms with Crippen LogP contribution in [0.1, 0.15) is 37.0 Å². The molecule has 0 bridgehead atoms. The number of nitrogens with two attached hydrogens (primary N) is 1. The maximum atomic E-state index is 5.94. The van der Waals surface area contributed by atoms with Crippen LogP contribution in [-0.2, 0) is 12.2 Å². The van der Waals surface area contributed by atoms with Crippen LogP contribution < -0.4 is 5.73 Å². The van der Waals surface area contributed by atoms with Gasteiger partial charge in [0.1, 0.15) is 0 Å². The summed E-state index contributed by atoms with van der Waals surface area (Å²) < 4.78 is 5.23. The highest BCUT2D eigenvalue weighted by molar-refractivity contribution is 7.98. The van der Waals surface area contributed by atoms with E-state index < -0.39 is 0 Å². The Morgan fingerprint density at radius 2 is 2.21 bits per heavy atom. The summed E-state index contributed by atoms with van der Waals surface area (Å²) in [4.78, 5) is 5.44. The lowest BCUT2D eigenvalue weighted by Gasteiger charge is -2.04. The quantitative estimate of drug-likeness (QED) is 0.645. The Kier molecular flexibility index (Phi) is 4.85. The molecular weight excluding hydrogens is 258 g/mol. The summed E-state index contributed by atoms with van der Waals surface area (Å²) in [5, 5.41) is 3.98. The maximum absolute atomic E-state index is 5.94. The molecule has 0 aliphatic rings. The van der Waals surface area contributed by atoms with Crippen LogP contribution in [0.15, 0.2) is 27.6 Å². The zero-order chi connectivity index (χ0) is 13.7. The second kappa shape index (κ2) is 6.61. The highest BCUT2D eigenvalue weighted by atomic mass is 32.2. The van der Waals surface area contributed by atoms with Gasteiger partial charge in [-0.3, -0.25) is 0 Å². The van der Waals surface area contributed by atoms with E-state index >= 15 is 0 Å². The minimum Gasteiger partial charge on any atom is -0.398 e. The zero-order valence-corrected chi connectivity index (χ0v) is 12.2. The van der Waals surface area contributed by atoms with Crippen LogP contribution in [0.4, 0.5) is 5.69 Å². The molecule has 5 heteroatoms. The van der Waals surface area contributed by atoms with Crippen LogP contribution in [0.5, 0.6) is 0 Å². The molecule has 4 nitrogen and oxygen atoms in total. The largest absolute Gasteiger partial charge is 0.398 e. The van der Waals surface area contributed by atoms with E-state index in [9.17, 15) is 0 Å². The lowest BCUT2D eigenvalue weighted by Crippen LogP contribution is -1.91. The lowest BCUT2D eigenvalue weighted by atomic mass is 10.2. The first-order chi connectivity index (χ1) is 9.19. The van der Waals surface area contributed by atoms with Gasteiger partial charge in [0, 0.05) is 17.0 Å². The van der Waals surface area contributed by atoms with Gasteiger partial charge in [0.2, 0.25) is 5.89 Å². The predicted octanol–water partition coefficient (Wildman–Crippen LogP) is 3.60. The molecule has 0 radical (unpaired) electrons. The molecule has 19 heavy (non-hydrogen) atoms. The van der Waals surface area contributed by atoms with Crippen molar-refractivity contribution in [2.24, 2.45) is 0 Å². The highest BCUT2D eigenvalue weighted by Crippen LogP contribution is 2.28. The van der Waals surface area contributed by atoms with Gasteiger partial charge >= 0.3 is 0 Å². The summed E-state index contributed by atoms with van der Waals surface area (Å²) in [5.74, 6) is 2.12. The van der Waals surface area contributed by atoms with E-state index in [0.29, 0.717) is 11.6 Å². The summed E-state index contributed by atoms with van der Waals surface area (Å²) in [5.41, 5.74) is 7.93. The molecule has 0 atom stereocenters. The van der Waals surface area contributed by atoms with Gasteiger partial charge in [-0.05, 0) is 31.0 Å². The monoisotopic (exact) mass is 277 g/mol. The second-order valence-electron chi connectivity index (χ2n) is 4.54. The average molecular weight is 277 g/mol. The first-order valence-corrected chi connectivity index (χ1v) is 7.48. The maximum Gasteiger partial charge on any atom is 0.237 e. The molecule has 0 fully saturated rings. The van der Waals surface area contributed by atoms with Gasteiger partial charge in [-0.15, -0.1) is 11.8 Å². The van der Waals surface area contributed by atoms with Crippen molar-refractivity contribution in [3.05, 3.63) is 35.5 Å². The average Bonchev–Trinajstić information content (AvgIpc) is 2.85. The van der Waals surface area contributed by atoms with Crippen molar-refractivity contribution >= 4 is 17.4 Å². The highest BCUT2D eigenvalue weighted by Gasteiger charge is 2.08. The van der Waals surface area contributed by atoms with E-state index in [0.717, 1.165) is 35.7 Å². The molecular formula is C14H19N3OS. The first-order valence-electron chi connectivity index (χ1n) is 6.49. The molecule has 0 saturated carbocycles. The van der Waals surface area contributed by atoms with Crippen LogP contribution in [-0.4, -0.2) is 10.1 Å². The molecule has 0 saturated heterocycles. The lowest BCUT2D eigenvalue weighted by molar-refractivity contribution is 0.384. The third kappa shape index (κ3) is 3.99. The van der Waals surface area contributed by atoms with Gasteiger partial charge in [0.05, 0.1) is 5.75 Å². The number of hydrogen-bond acceptors (Lipinski definition) is 5. The van der Waals surface area contributed by atoms with Gasteiger partial charge < -0.3 is 10.3 Å². The number of hydrogen-bond donors (Lipinski definition) is 1. The minimum atomic E-state index is 0.660. The number of thioether (sulfide) groups is 1. The van der Waals surface area contributed by atoms with Crippen LogP contribution in [0, 0.1) is 6.92 Å². The smallest absolute Gasteiger partial charge is 0.237 e. The van der Waals surface area contributed by atoms with Crippen molar-refractivity contribution in [2.75, 3.05) is 5.73 Å². The molecule has 2 aromatic rings. The molecule has 0 amide bonds. The predicted molar refractivity (Wildman–Crippen MR) is 78.1 cm³/mol. The Labute approximate surface area is 117 Å². The van der Waals surface area contributed by atoms with Gasteiger partial charge in [-0.25, -0.2) is 0 Å². The summed E-state index contributed by atoms with van der Waals surface area (Å²) in [6, 6.07) is 6.02. The summed E-state index contributed by atoms with van der Waals surface area (Å²) in [6.45, 7) is 4.20. The molecule has 0 spiro atoms. The standard InChI is InChI=1S/C14H19N3OS/c1-3-4-5-13-16-14(18-17-13)9-19-12-8-10(2)6-7-11(12)15/h6-8H,3-5,9,15H2,1-2H3. The molecule has 0 aliphatic carbocycles. The number of unbranched alkanes of at least 4 members (excludes halogenated alkanes) is 1. The van der Waals surface area contributed by atoms with Crippen molar-refractivity contribution in [3.63, 3.8) is 0 Å². The van der Waals surface area contributed by atoms with Gasteiger partial charge in [0.25, 0.3) is 0 Å². The Balaban J connectivity index is 1.94. The van der Waals surface area contributed by atoms with E-state index in [2.05, 4.69) is 30.1 Å². The molecule has 2 N–H and O–H groups in total. The van der Waals surface area contributed by atoms with E-state index in [-0.39, 0.29) is 0 Å². The number of benzene rings is 1. The Hall–Kier alpha value is -1.49. The van der Waals surface area contributed by atoms with Crippen LogP contribution in [0.25, 0.3) is 0 Å². The first kappa shape index (κ1) is 13.9. The molecule has 2 rings (SSSR count). The molecule has 1 aromatic carbocycles. The Morgan fingerprint density at radius 3 is 3.00 bits per heavy atom. The van der Waals surface area contributed by atoms with Crippen LogP contribution in [0.3, 0.4) is 0 Å². The summed E-state index contributed by atoms with van der Waals surface area (Å²) in [7, 11) is 0. The van der Waals surface area contributed by atoms with Crippen molar-refractivity contribution in [3.8, 4) is 0 Å². The van der Waals surface area contributed by atoms with E-state index in [1.807, 2.05) is 12.1 Å². The summed E-state index contributed by atoms with van der Waals surface area (Å²) in [6.07, 6.45) is 3.12. The van der Waals surface area contributed by atoms with Crippen molar-refractivity contribution in [1.29, 1.82) is 0 Å². The van der Waals surface area contributed by atoms with E-state index in [1.165, 1.54) is 5.56 Å². The second-order valence-corrected chi connectivity index (χ2v) is 5.56. The van der Waals surface area contributed by atoms with E-state index in [1.54, 1.807) is 11.8 Å². The fraction of sp³-hybridized carbons (Fsp3) is 0.429. The Morgan fingerprint density at radius 1 is 1.37 bits per heavy atom. The van der Waals surface area contributed by atoms with Gasteiger partial charge in [-0.1, -0.05) is 24.6 Å². The number of aryl methyl sites for hydroxylation is 2. The number of nitrogens with zero attached hydrogens (tertiary/aromatic N) is 2. The number of anilines is 1. The minimum absolute atomic E-state index is 0.660. The van der Waals surface area contributed by atoms with Crippen LogP contribution in [0.2, 0.25) is 0 Å². The van der Waals surface area contributed by atoms with Gasteiger partial charge in [0.15, 0.2) is 5.82 Å². The topological polar surface area (TPSA) is 64.9 Å². The molecule has 102 valence electrons. The zero-order valence-electron chi connectivity index (χ0n) is 11.3.